The number of anilines is 3. The average Bonchev–Trinajstić information content (AvgIpc) is 2.70. The minimum absolute atomic E-state index is 0.0198. The minimum Gasteiger partial charge on any atom is -0.489 e. The van der Waals surface area contributed by atoms with Gasteiger partial charge in [-0.25, -0.2) is 0 Å². The molecule has 0 unspecified atom stereocenters. The zero-order chi connectivity index (χ0) is 19.9. The highest BCUT2D eigenvalue weighted by molar-refractivity contribution is 6.05. The monoisotopic (exact) mass is 375 g/mol. The molecule has 0 spiro atoms. The van der Waals surface area contributed by atoms with E-state index < -0.39 is 0 Å². The molecule has 3 rings (SSSR count). The molecule has 1 heterocycles. The molecule has 0 atom stereocenters. The molecule has 0 aliphatic rings. The number of para-hydroxylation sites is 2. The minimum atomic E-state index is -0.239. The number of aryl methyl sites for hydroxylation is 1. The fourth-order valence-corrected chi connectivity index (χ4v) is 2.74. The number of benzene rings is 2. The van der Waals surface area contributed by atoms with Crippen molar-refractivity contribution < 1.29 is 9.53 Å². The maximum absolute atomic E-state index is 12.7. The van der Waals surface area contributed by atoms with Gasteiger partial charge in [-0.05, 0) is 56.2 Å². The first-order valence-corrected chi connectivity index (χ1v) is 9.43. The lowest BCUT2D eigenvalue weighted by Gasteiger charge is -2.15. The molecule has 28 heavy (non-hydrogen) atoms. The van der Waals surface area contributed by atoms with E-state index in [1.807, 2.05) is 50.2 Å². The summed E-state index contributed by atoms with van der Waals surface area (Å²) in [6.45, 7) is 6.02. The van der Waals surface area contributed by atoms with Crippen molar-refractivity contribution in [3.8, 4) is 5.75 Å². The van der Waals surface area contributed by atoms with Crippen LogP contribution < -0.4 is 15.4 Å². The van der Waals surface area contributed by atoms with Crippen LogP contribution in [-0.4, -0.2) is 17.0 Å². The zero-order valence-electron chi connectivity index (χ0n) is 16.4. The van der Waals surface area contributed by atoms with E-state index in [0.717, 1.165) is 17.8 Å². The molecule has 5 heteroatoms. The van der Waals surface area contributed by atoms with Gasteiger partial charge in [-0.2, -0.15) is 0 Å². The third-order valence-corrected chi connectivity index (χ3v) is 4.15. The third kappa shape index (κ3) is 5.10. The lowest BCUT2D eigenvalue weighted by Crippen LogP contribution is -2.15. The third-order valence-electron chi connectivity index (χ3n) is 4.15. The molecule has 0 fully saturated rings. The first-order valence-electron chi connectivity index (χ1n) is 9.43. The van der Waals surface area contributed by atoms with Gasteiger partial charge in [0.2, 0.25) is 0 Å². The van der Waals surface area contributed by atoms with E-state index in [-0.39, 0.29) is 12.0 Å². The van der Waals surface area contributed by atoms with Crippen molar-refractivity contribution in [2.75, 3.05) is 10.6 Å². The van der Waals surface area contributed by atoms with Crippen LogP contribution in [0, 0.1) is 0 Å². The smallest absolute Gasteiger partial charge is 0.257 e. The van der Waals surface area contributed by atoms with Crippen LogP contribution in [0.1, 0.15) is 36.7 Å². The Labute approximate surface area is 165 Å². The predicted octanol–water partition coefficient (Wildman–Crippen LogP) is 5.43. The summed E-state index contributed by atoms with van der Waals surface area (Å²) in [5.41, 5.74) is 4.08. The highest BCUT2D eigenvalue weighted by atomic mass is 16.5. The predicted molar refractivity (Wildman–Crippen MR) is 113 cm³/mol. The Morgan fingerprint density at radius 3 is 2.50 bits per heavy atom. The second-order valence-electron chi connectivity index (χ2n) is 6.75. The first kappa shape index (κ1) is 19.4. The Hall–Kier alpha value is -3.34. The Morgan fingerprint density at radius 1 is 1.04 bits per heavy atom. The van der Waals surface area contributed by atoms with Crippen molar-refractivity contribution in [3.05, 3.63) is 78.1 Å². The van der Waals surface area contributed by atoms with E-state index >= 15 is 0 Å². The number of nitrogens with one attached hydrogen (secondary N) is 2. The molecule has 0 bridgehead atoms. The topological polar surface area (TPSA) is 63.2 Å². The van der Waals surface area contributed by atoms with Gasteiger partial charge in [0.15, 0.2) is 0 Å². The summed E-state index contributed by atoms with van der Waals surface area (Å²) < 4.78 is 5.76. The molecule has 0 radical (unpaired) electrons. The maximum Gasteiger partial charge on any atom is 0.257 e. The molecule has 1 aromatic heterocycles. The van der Waals surface area contributed by atoms with E-state index in [2.05, 4.69) is 34.7 Å². The summed E-state index contributed by atoms with van der Waals surface area (Å²) >= 11 is 0. The van der Waals surface area contributed by atoms with E-state index in [0.29, 0.717) is 17.0 Å². The summed E-state index contributed by atoms with van der Waals surface area (Å²) in [5.74, 6) is 0.404. The van der Waals surface area contributed by atoms with Crippen LogP contribution in [0.25, 0.3) is 0 Å². The standard InChI is InChI=1S/C23H25N3O2/c1-4-17-9-11-19(12-10-17)25-20-13-18(14-24-15-20)23(27)26-21-7-5-6-8-22(21)28-16(2)3/h5-16,25H,4H2,1-3H3,(H,26,27). The van der Waals surface area contributed by atoms with Gasteiger partial charge >= 0.3 is 0 Å². The van der Waals surface area contributed by atoms with Crippen LogP contribution in [-0.2, 0) is 6.42 Å². The van der Waals surface area contributed by atoms with Crippen molar-refractivity contribution in [1.29, 1.82) is 0 Å². The van der Waals surface area contributed by atoms with Crippen molar-refractivity contribution in [2.45, 2.75) is 33.3 Å². The Kier molecular flexibility index (Phi) is 6.27. The Balaban J connectivity index is 1.73. The van der Waals surface area contributed by atoms with Gasteiger partial charge in [-0.15, -0.1) is 0 Å². The fraction of sp³-hybridized carbons (Fsp3) is 0.217. The van der Waals surface area contributed by atoms with Gasteiger partial charge in [0.1, 0.15) is 5.75 Å². The van der Waals surface area contributed by atoms with Crippen molar-refractivity contribution in [1.82, 2.24) is 4.98 Å². The summed E-state index contributed by atoms with van der Waals surface area (Å²) in [4.78, 5) is 16.9. The molecule has 0 aliphatic heterocycles. The number of aromatic nitrogens is 1. The number of pyridine rings is 1. The van der Waals surface area contributed by atoms with Crippen molar-refractivity contribution in [2.24, 2.45) is 0 Å². The largest absolute Gasteiger partial charge is 0.489 e. The number of rotatable bonds is 7. The van der Waals surface area contributed by atoms with Crippen LogP contribution >= 0.6 is 0 Å². The van der Waals surface area contributed by atoms with Crippen LogP contribution in [0.15, 0.2) is 67.0 Å². The second kappa shape index (κ2) is 9.04. The summed E-state index contributed by atoms with van der Waals surface area (Å²) in [6.07, 6.45) is 4.26. The molecule has 0 saturated heterocycles. The van der Waals surface area contributed by atoms with E-state index in [4.69, 9.17) is 4.74 Å². The molecule has 0 aliphatic carbocycles. The van der Waals surface area contributed by atoms with Crippen LogP contribution in [0.5, 0.6) is 5.75 Å². The maximum atomic E-state index is 12.7. The van der Waals surface area contributed by atoms with Crippen molar-refractivity contribution in [3.63, 3.8) is 0 Å². The molecule has 0 saturated carbocycles. The number of carbonyl (C=O) groups excluding carboxylic acids is 1. The van der Waals surface area contributed by atoms with Crippen LogP contribution in [0.4, 0.5) is 17.1 Å². The summed E-state index contributed by atoms with van der Waals surface area (Å²) in [5, 5.41) is 6.19. The first-order chi connectivity index (χ1) is 13.5. The van der Waals surface area contributed by atoms with Gasteiger partial charge in [-0.1, -0.05) is 31.2 Å². The normalized spacial score (nSPS) is 10.6. The van der Waals surface area contributed by atoms with Gasteiger partial charge in [-0.3, -0.25) is 9.78 Å². The Bertz CT molecular complexity index is 937. The molecule has 2 N–H and O–H groups in total. The van der Waals surface area contributed by atoms with Gasteiger partial charge < -0.3 is 15.4 Å². The van der Waals surface area contributed by atoms with Crippen LogP contribution in [0.2, 0.25) is 0 Å². The van der Waals surface area contributed by atoms with Gasteiger partial charge in [0, 0.05) is 11.9 Å². The molecule has 2 aromatic carbocycles. The SMILES string of the molecule is CCc1ccc(Nc2cncc(C(=O)Nc3ccccc3OC(C)C)c2)cc1. The lowest BCUT2D eigenvalue weighted by atomic mass is 10.1. The molecule has 5 nitrogen and oxygen atoms in total. The van der Waals surface area contributed by atoms with Gasteiger partial charge in [0.05, 0.1) is 29.2 Å². The molecule has 1 amide bonds. The molecular weight excluding hydrogens is 350 g/mol. The molecule has 3 aromatic rings. The van der Waals surface area contributed by atoms with E-state index in [1.54, 1.807) is 18.5 Å². The van der Waals surface area contributed by atoms with E-state index in [9.17, 15) is 4.79 Å². The number of carbonyl (C=O) groups is 1. The van der Waals surface area contributed by atoms with Gasteiger partial charge in [0.25, 0.3) is 5.91 Å². The highest BCUT2D eigenvalue weighted by Crippen LogP contribution is 2.26. The second-order valence-corrected chi connectivity index (χ2v) is 6.75. The number of amides is 1. The highest BCUT2D eigenvalue weighted by Gasteiger charge is 2.12. The Morgan fingerprint density at radius 2 is 1.79 bits per heavy atom. The number of hydrogen-bond donors (Lipinski definition) is 2. The number of nitrogens with zero attached hydrogens (tertiary/aromatic N) is 1. The quantitative estimate of drug-likeness (QED) is 0.578. The average molecular weight is 375 g/mol. The fourth-order valence-electron chi connectivity index (χ4n) is 2.74. The zero-order valence-corrected chi connectivity index (χ0v) is 16.4. The van der Waals surface area contributed by atoms with Crippen LogP contribution in [0.3, 0.4) is 0 Å². The van der Waals surface area contributed by atoms with E-state index in [1.165, 1.54) is 5.56 Å². The molecule has 144 valence electrons. The lowest BCUT2D eigenvalue weighted by molar-refractivity contribution is 0.102. The van der Waals surface area contributed by atoms with Crippen molar-refractivity contribution >= 4 is 23.0 Å². The summed E-state index contributed by atoms with van der Waals surface area (Å²) in [7, 11) is 0. The number of ether oxygens (including phenoxy) is 1. The summed E-state index contributed by atoms with van der Waals surface area (Å²) in [6, 6.07) is 17.4. The number of hydrogen-bond acceptors (Lipinski definition) is 4. The molecular formula is C23H25N3O2.